The molecule has 5 nitrogen and oxygen atoms in total. The number of carbonyl (C=O) groups excluding carboxylic acids is 1. The van der Waals surface area contributed by atoms with Crippen LogP contribution in [0.3, 0.4) is 0 Å². The average molecular weight is 474 g/mol. The van der Waals surface area contributed by atoms with Gasteiger partial charge in [-0.15, -0.1) is 0 Å². The lowest BCUT2D eigenvalue weighted by Crippen LogP contribution is -2.55. The Morgan fingerprint density at radius 3 is 2.60 bits per heavy atom. The van der Waals surface area contributed by atoms with Gasteiger partial charge in [0.05, 0.1) is 12.1 Å². The molecule has 0 saturated carbocycles. The summed E-state index contributed by atoms with van der Waals surface area (Å²) in [4.78, 5) is 16.7. The van der Waals surface area contributed by atoms with Crippen molar-refractivity contribution in [2.45, 2.75) is 32.0 Å². The van der Waals surface area contributed by atoms with E-state index in [0.29, 0.717) is 18.7 Å². The molecule has 1 atom stereocenters. The first-order chi connectivity index (χ1) is 16.9. The first kappa shape index (κ1) is 22.8. The molecule has 0 spiro atoms. The van der Waals surface area contributed by atoms with Crippen LogP contribution in [0, 0.1) is 11.6 Å². The zero-order valence-electron chi connectivity index (χ0n) is 19.2. The fraction of sp³-hybridized carbons (Fsp3) is 0.179. The largest absolute Gasteiger partial charge is 0.460 e. The van der Waals surface area contributed by atoms with E-state index in [-0.39, 0.29) is 18.0 Å². The topological polar surface area (TPSA) is 70.1 Å². The highest BCUT2D eigenvalue weighted by molar-refractivity contribution is 5.89. The van der Waals surface area contributed by atoms with Crippen LogP contribution < -0.4 is 10.6 Å². The van der Waals surface area contributed by atoms with Gasteiger partial charge in [-0.3, -0.25) is 10.1 Å². The van der Waals surface area contributed by atoms with Gasteiger partial charge in [-0.05, 0) is 36.8 Å². The van der Waals surface area contributed by atoms with E-state index in [4.69, 9.17) is 4.42 Å². The van der Waals surface area contributed by atoms with Gasteiger partial charge in [-0.2, -0.15) is 0 Å². The molecule has 0 aliphatic rings. The number of benzene rings is 3. The molecule has 3 N–H and O–H groups in total. The zero-order valence-corrected chi connectivity index (χ0v) is 19.2. The maximum atomic E-state index is 14.1. The first-order valence-corrected chi connectivity index (χ1v) is 11.4. The Kier molecular flexibility index (Phi) is 6.09. The average Bonchev–Trinajstić information content (AvgIpc) is 3.46. The molecule has 2 heterocycles. The molecule has 0 aliphatic carbocycles. The minimum absolute atomic E-state index is 0.0548. The van der Waals surface area contributed by atoms with Gasteiger partial charge < -0.3 is 14.7 Å². The number of H-pyrrole nitrogens is 1. The fourth-order valence-electron chi connectivity index (χ4n) is 4.32. The van der Waals surface area contributed by atoms with Crippen LogP contribution >= 0.6 is 0 Å². The van der Waals surface area contributed by atoms with E-state index in [1.807, 2.05) is 67.7 Å². The molecule has 0 bridgehead atoms. The molecule has 1 amide bonds. The predicted molar refractivity (Wildman–Crippen MR) is 132 cm³/mol. The van der Waals surface area contributed by atoms with E-state index in [9.17, 15) is 13.6 Å². The molecule has 178 valence electrons. The van der Waals surface area contributed by atoms with Crippen molar-refractivity contribution >= 4 is 27.8 Å². The van der Waals surface area contributed by atoms with E-state index >= 15 is 0 Å². The van der Waals surface area contributed by atoms with Crippen molar-refractivity contribution in [3.63, 3.8) is 0 Å². The number of carbonyl (C=O) groups is 1. The summed E-state index contributed by atoms with van der Waals surface area (Å²) in [5.74, 6) is -0.954. The van der Waals surface area contributed by atoms with E-state index in [0.717, 1.165) is 33.5 Å². The number of aromatic amines is 1. The third-order valence-corrected chi connectivity index (χ3v) is 6.30. The number of hydrogen-bond donors (Lipinski definition) is 3. The molecule has 3 aromatic carbocycles. The standard InChI is InChI=1S/C28H25F2N3O2/c1-28(14-20-16-31-25-8-4-3-7-23(20)25,27(34)32-15-19-10-11-21(29)13-24(19)30)33-17-22-12-18-6-2-5-9-26(18)35-22/h2-13,16,31,33H,14-15,17H2,1H3,(H,32,34). The van der Waals surface area contributed by atoms with Crippen LogP contribution in [0.2, 0.25) is 0 Å². The maximum absolute atomic E-state index is 14.1. The lowest BCUT2D eigenvalue weighted by molar-refractivity contribution is -0.127. The van der Waals surface area contributed by atoms with E-state index in [1.54, 1.807) is 0 Å². The Labute approximate surface area is 201 Å². The number of hydrogen-bond acceptors (Lipinski definition) is 3. The van der Waals surface area contributed by atoms with E-state index in [1.165, 1.54) is 12.1 Å². The summed E-state index contributed by atoms with van der Waals surface area (Å²) in [7, 11) is 0. The molecule has 5 aromatic rings. The van der Waals surface area contributed by atoms with Gasteiger partial charge in [0.25, 0.3) is 0 Å². The van der Waals surface area contributed by atoms with Crippen molar-refractivity contribution in [3.8, 4) is 0 Å². The highest BCUT2D eigenvalue weighted by Crippen LogP contribution is 2.25. The van der Waals surface area contributed by atoms with Crippen LogP contribution in [0.25, 0.3) is 21.9 Å². The summed E-state index contributed by atoms with van der Waals surface area (Å²) >= 11 is 0. The van der Waals surface area contributed by atoms with Crippen molar-refractivity contribution in [2.24, 2.45) is 0 Å². The maximum Gasteiger partial charge on any atom is 0.240 e. The van der Waals surface area contributed by atoms with Crippen LogP contribution in [0.5, 0.6) is 0 Å². The Hall–Kier alpha value is -3.97. The van der Waals surface area contributed by atoms with Gasteiger partial charge in [0.1, 0.15) is 23.0 Å². The summed E-state index contributed by atoms with van der Waals surface area (Å²) in [6, 6.07) is 20.9. The van der Waals surface area contributed by atoms with Crippen molar-refractivity contribution in [3.05, 3.63) is 108 Å². The zero-order chi connectivity index (χ0) is 24.4. The third kappa shape index (κ3) is 4.81. The van der Waals surface area contributed by atoms with Crippen LogP contribution in [-0.2, 0) is 24.3 Å². The van der Waals surface area contributed by atoms with Crippen LogP contribution in [0.1, 0.15) is 23.8 Å². The lowest BCUT2D eigenvalue weighted by atomic mass is 9.91. The van der Waals surface area contributed by atoms with Gasteiger partial charge in [0.15, 0.2) is 0 Å². The molecule has 7 heteroatoms. The molecule has 1 unspecified atom stereocenters. The summed E-state index contributed by atoms with van der Waals surface area (Å²) in [6.07, 6.45) is 2.29. The molecule has 0 saturated heterocycles. The summed E-state index contributed by atoms with van der Waals surface area (Å²) in [6.45, 7) is 2.08. The summed E-state index contributed by atoms with van der Waals surface area (Å²) in [5, 5.41) is 8.20. The van der Waals surface area contributed by atoms with E-state index in [2.05, 4.69) is 15.6 Å². The number of rotatable bonds is 8. The Balaban J connectivity index is 1.39. The molecule has 35 heavy (non-hydrogen) atoms. The molecule has 2 aromatic heterocycles. The molecule has 0 aliphatic heterocycles. The lowest BCUT2D eigenvalue weighted by Gasteiger charge is -2.29. The second kappa shape index (κ2) is 9.35. The molecule has 0 fully saturated rings. The Morgan fingerprint density at radius 2 is 1.77 bits per heavy atom. The van der Waals surface area contributed by atoms with Crippen LogP contribution in [-0.4, -0.2) is 16.4 Å². The number of nitrogens with one attached hydrogen (secondary N) is 3. The van der Waals surface area contributed by atoms with Crippen molar-refractivity contribution in [1.82, 2.24) is 15.6 Å². The quantitative estimate of drug-likeness (QED) is 0.275. The number of para-hydroxylation sites is 2. The number of halogens is 2. The SMILES string of the molecule is CC(Cc1c[nH]c2ccccc12)(NCc1cc2ccccc2o1)C(=O)NCc1ccc(F)cc1F. The fourth-order valence-corrected chi connectivity index (χ4v) is 4.32. The van der Waals surface area contributed by atoms with Gasteiger partial charge in [-0.1, -0.05) is 42.5 Å². The second-order valence-electron chi connectivity index (χ2n) is 8.89. The van der Waals surface area contributed by atoms with Gasteiger partial charge in [0, 0.05) is 47.1 Å². The summed E-state index contributed by atoms with van der Waals surface area (Å²) < 4.78 is 33.3. The molecular weight excluding hydrogens is 448 g/mol. The monoisotopic (exact) mass is 473 g/mol. The molecule has 5 rings (SSSR count). The minimum atomic E-state index is -1.04. The Bertz CT molecular complexity index is 1470. The number of fused-ring (bicyclic) bond motifs is 2. The van der Waals surface area contributed by atoms with Crippen LogP contribution in [0.4, 0.5) is 8.78 Å². The Morgan fingerprint density at radius 1 is 0.971 bits per heavy atom. The normalized spacial score (nSPS) is 13.2. The molecule has 0 radical (unpaired) electrons. The second-order valence-corrected chi connectivity index (χ2v) is 8.89. The number of amides is 1. The van der Waals surface area contributed by atoms with Gasteiger partial charge in [-0.25, -0.2) is 8.78 Å². The first-order valence-electron chi connectivity index (χ1n) is 11.4. The van der Waals surface area contributed by atoms with Gasteiger partial charge in [0.2, 0.25) is 5.91 Å². The molecular formula is C28H25F2N3O2. The van der Waals surface area contributed by atoms with E-state index < -0.39 is 17.2 Å². The smallest absolute Gasteiger partial charge is 0.240 e. The van der Waals surface area contributed by atoms with Crippen molar-refractivity contribution < 1.29 is 18.0 Å². The van der Waals surface area contributed by atoms with Gasteiger partial charge >= 0.3 is 0 Å². The number of furan rings is 1. The summed E-state index contributed by atoms with van der Waals surface area (Å²) in [5.41, 5.74) is 1.91. The number of aromatic nitrogens is 1. The van der Waals surface area contributed by atoms with Crippen molar-refractivity contribution in [1.29, 1.82) is 0 Å². The highest BCUT2D eigenvalue weighted by Gasteiger charge is 2.34. The third-order valence-electron chi connectivity index (χ3n) is 6.30. The highest BCUT2D eigenvalue weighted by atomic mass is 19.1. The van der Waals surface area contributed by atoms with Crippen molar-refractivity contribution in [2.75, 3.05) is 0 Å². The predicted octanol–water partition coefficient (Wildman–Crippen LogP) is 5.60. The van der Waals surface area contributed by atoms with Crippen LogP contribution in [0.15, 0.2) is 83.4 Å². The minimum Gasteiger partial charge on any atom is -0.460 e.